The van der Waals surface area contributed by atoms with E-state index >= 15 is 4.39 Å². The van der Waals surface area contributed by atoms with Crippen molar-refractivity contribution < 1.29 is 23.3 Å². The van der Waals surface area contributed by atoms with E-state index in [2.05, 4.69) is 47.1 Å². The lowest BCUT2D eigenvalue weighted by molar-refractivity contribution is -0.0366. The summed E-state index contributed by atoms with van der Waals surface area (Å²) in [5.41, 5.74) is 4.69. The Morgan fingerprint density at radius 2 is 1.81 bits per heavy atom. The quantitative estimate of drug-likeness (QED) is 0.151. The highest BCUT2D eigenvalue weighted by Gasteiger charge is 2.33. The molecule has 0 aliphatic carbocycles. The van der Waals surface area contributed by atoms with Crippen LogP contribution in [0.15, 0.2) is 91.1 Å². The molecule has 48 heavy (non-hydrogen) atoms. The molecule has 3 aliphatic heterocycles. The van der Waals surface area contributed by atoms with Crippen LogP contribution >= 0.6 is 0 Å². The lowest BCUT2D eigenvalue weighted by atomic mass is 10.0. The highest BCUT2D eigenvalue weighted by atomic mass is 19.1. The molecule has 8 nitrogen and oxygen atoms in total. The van der Waals surface area contributed by atoms with Crippen LogP contribution in [-0.4, -0.2) is 53.6 Å². The predicted octanol–water partition coefficient (Wildman–Crippen LogP) is 8.20. The van der Waals surface area contributed by atoms with Crippen LogP contribution < -0.4 is 19.1 Å². The number of halogens is 1. The summed E-state index contributed by atoms with van der Waals surface area (Å²) in [7, 11) is 0. The molecule has 5 aromatic rings. The molecular weight excluding hydrogens is 607 g/mol. The van der Waals surface area contributed by atoms with Crippen molar-refractivity contribution in [1.82, 2.24) is 14.7 Å². The number of likely N-dealkylation sites (tertiary alicyclic amines) is 1. The lowest BCUT2D eigenvalue weighted by Crippen LogP contribution is -2.53. The number of aromatic nitrogens is 2. The van der Waals surface area contributed by atoms with Gasteiger partial charge in [-0.05, 0) is 73.7 Å². The van der Waals surface area contributed by atoms with Gasteiger partial charge in [-0.15, -0.1) is 0 Å². The van der Waals surface area contributed by atoms with Gasteiger partial charge in [-0.1, -0.05) is 49.4 Å². The summed E-state index contributed by atoms with van der Waals surface area (Å²) in [6.45, 7) is 6.48. The van der Waals surface area contributed by atoms with Gasteiger partial charge in [0.25, 0.3) is 0 Å². The topological polar surface area (TPSA) is 61.2 Å². The van der Waals surface area contributed by atoms with Gasteiger partial charge in [-0.3, -0.25) is 4.90 Å². The van der Waals surface area contributed by atoms with E-state index in [-0.39, 0.29) is 29.9 Å². The third-order valence-corrected chi connectivity index (χ3v) is 9.54. The molecule has 0 amide bonds. The summed E-state index contributed by atoms with van der Waals surface area (Å²) in [6.07, 6.45) is 6.02. The summed E-state index contributed by atoms with van der Waals surface area (Å²) >= 11 is 0. The van der Waals surface area contributed by atoms with E-state index in [0.717, 1.165) is 96.8 Å². The maximum absolute atomic E-state index is 15.8. The third-order valence-electron chi connectivity index (χ3n) is 9.54. The summed E-state index contributed by atoms with van der Waals surface area (Å²) in [5.74, 6) is 1.42. The maximum Gasteiger partial charge on any atom is 0.167 e. The Hall–Kier alpha value is -4.60. The van der Waals surface area contributed by atoms with Gasteiger partial charge in [-0.2, -0.15) is 5.10 Å². The number of fused-ring (bicyclic) bond motifs is 2. The fraction of sp³-hybridized carbons (Fsp3) is 0.359. The van der Waals surface area contributed by atoms with E-state index in [1.54, 1.807) is 12.1 Å². The largest absolute Gasteiger partial charge is 0.489 e. The molecule has 0 saturated carbocycles. The summed E-state index contributed by atoms with van der Waals surface area (Å²) < 4.78 is 42.4. The molecule has 4 aromatic carbocycles. The van der Waals surface area contributed by atoms with Gasteiger partial charge in [0.15, 0.2) is 17.8 Å². The Morgan fingerprint density at radius 1 is 0.958 bits per heavy atom. The number of nitrogens with zero attached hydrogens (tertiary/aromatic N) is 4. The van der Waals surface area contributed by atoms with Gasteiger partial charge in [0.1, 0.15) is 30.8 Å². The molecule has 8 rings (SSSR count). The first-order valence-electron chi connectivity index (χ1n) is 17.1. The van der Waals surface area contributed by atoms with E-state index in [1.807, 2.05) is 53.3 Å². The fourth-order valence-electron chi connectivity index (χ4n) is 7.03. The molecule has 2 atom stereocenters. The molecule has 9 heteroatoms. The molecule has 0 bridgehead atoms. The minimum atomic E-state index is -0.374. The Bertz CT molecular complexity index is 1850. The second-order valence-corrected chi connectivity index (χ2v) is 12.9. The molecule has 3 aliphatic rings. The van der Waals surface area contributed by atoms with Crippen molar-refractivity contribution in [2.45, 2.75) is 57.6 Å². The molecule has 4 heterocycles. The van der Waals surface area contributed by atoms with Crippen LogP contribution in [0.5, 0.6) is 17.2 Å². The van der Waals surface area contributed by atoms with Crippen molar-refractivity contribution in [3.8, 4) is 17.2 Å². The first-order valence-corrected chi connectivity index (χ1v) is 17.1. The molecule has 0 spiro atoms. The minimum absolute atomic E-state index is 0.00866. The zero-order valence-corrected chi connectivity index (χ0v) is 27.3. The SMILES string of the molecule is CCCN1CC(Oc2ccc(N3c4cc5cnn(C6CCCCO6)c5cc4OC[C@H]3c3ccc(OCc4ccccc4)cc3)cc2F)C1. The number of hydrogen-bond donors (Lipinski definition) is 0. The van der Waals surface area contributed by atoms with E-state index in [4.69, 9.17) is 24.0 Å². The number of hydrogen-bond acceptors (Lipinski definition) is 7. The van der Waals surface area contributed by atoms with Crippen LogP contribution in [-0.2, 0) is 11.3 Å². The Morgan fingerprint density at radius 3 is 2.58 bits per heavy atom. The highest BCUT2D eigenvalue weighted by Crippen LogP contribution is 2.47. The Kier molecular flexibility index (Phi) is 8.63. The van der Waals surface area contributed by atoms with Crippen molar-refractivity contribution >= 4 is 22.3 Å². The standard InChI is InChI=1S/C39H41FN4O4/c1-2-17-42-23-32(24-42)48-37-16-13-30(20-33(37)40)43-35-19-29-22-41-44(39-10-6-7-18-45-39)34(29)21-38(35)47-26-36(43)28-11-14-31(15-12-28)46-25-27-8-4-3-5-9-27/h3-5,8-9,11-16,19-22,32,36,39H,2,6-7,10,17-18,23-26H2,1H3/t36-,39?/m0/s1. The van der Waals surface area contributed by atoms with Crippen molar-refractivity contribution in [1.29, 1.82) is 0 Å². The van der Waals surface area contributed by atoms with E-state index in [9.17, 15) is 0 Å². The molecule has 0 N–H and O–H groups in total. The smallest absolute Gasteiger partial charge is 0.167 e. The van der Waals surface area contributed by atoms with Gasteiger partial charge < -0.3 is 23.8 Å². The second kappa shape index (κ2) is 13.5. The van der Waals surface area contributed by atoms with Crippen molar-refractivity contribution in [2.75, 3.05) is 37.7 Å². The van der Waals surface area contributed by atoms with Gasteiger partial charge in [0, 0.05) is 42.9 Å². The van der Waals surface area contributed by atoms with Crippen LogP contribution in [0.25, 0.3) is 10.9 Å². The van der Waals surface area contributed by atoms with Crippen LogP contribution in [0, 0.1) is 5.82 Å². The predicted molar refractivity (Wildman–Crippen MR) is 184 cm³/mol. The van der Waals surface area contributed by atoms with Crippen LogP contribution in [0.4, 0.5) is 15.8 Å². The number of benzene rings is 4. The summed E-state index contributed by atoms with van der Waals surface area (Å²) in [5, 5.41) is 5.70. The number of ether oxygens (including phenoxy) is 4. The zero-order valence-electron chi connectivity index (χ0n) is 27.3. The van der Waals surface area contributed by atoms with Gasteiger partial charge in [-0.25, -0.2) is 9.07 Å². The molecule has 2 saturated heterocycles. The Labute approximate surface area is 280 Å². The van der Waals surface area contributed by atoms with E-state index < -0.39 is 0 Å². The van der Waals surface area contributed by atoms with Gasteiger partial charge >= 0.3 is 0 Å². The second-order valence-electron chi connectivity index (χ2n) is 12.9. The fourth-order valence-corrected chi connectivity index (χ4v) is 7.03. The van der Waals surface area contributed by atoms with E-state index in [0.29, 0.717) is 13.2 Å². The minimum Gasteiger partial charge on any atom is -0.489 e. The van der Waals surface area contributed by atoms with Crippen LogP contribution in [0.1, 0.15) is 56.0 Å². The lowest BCUT2D eigenvalue weighted by Gasteiger charge is -2.40. The van der Waals surface area contributed by atoms with E-state index in [1.165, 1.54) is 0 Å². The monoisotopic (exact) mass is 648 g/mol. The molecule has 0 radical (unpaired) electrons. The van der Waals surface area contributed by atoms with Crippen molar-refractivity contribution in [3.63, 3.8) is 0 Å². The van der Waals surface area contributed by atoms with Crippen LogP contribution in [0.2, 0.25) is 0 Å². The molecule has 2 fully saturated rings. The van der Waals surface area contributed by atoms with Gasteiger partial charge in [0.2, 0.25) is 0 Å². The average Bonchev–Trinajstić information content (AvgIpc) is 3.53. The van der Waals surface area contributed by atoms with Gasteiger partial charge in [0.05, 0.1) is 23.4 Å². The number of anilines is 2. The molecule has 1 aromatic heterocycles. The third kappa shape index (κ3) is 6.20. The zero-order chi connectivity index (χ0) is 32.5. The first-order chi connectivity index (χ1) is 23.6. The number of rotatable bonds is 10. The Balaban J connectivity index is 1.11. The average molecular weight is 649 g/mol. The summed E-state index contributed by atoms with van der Waals surface area (Å²) in [4.78, 5) is 4.50. The van der Waals surface area contributed by atoms with Crippen molar-refractivity contribution in [2.24, 2.45) is 0 Å². The molecule has 248 valence electrons. The normalized spacial score (nSPS) is 19.8. The molecule has 1 unspecified atom stereocenters. The highest BCUT2D eigenvalue weighted by molar-refractivity contribution is 5.89. The van der Waals surface area contributed by atoms with Crippen molar-refractivity contribution in [3.05, 3.63) is 108 Å². The first kappa shape index (κ1) is 30.7. The molecular formula is C39H41FN4O4. The van der Waals surface area contributed by atoms with Crippen LogP contribution in [0.3, 0.4) is 0 Å². The summed E-state index contributed by atoms with van der Waals surface area (Å²) in [6, 6.07) is 27.4. The maximum atomic E-state index is 15.8.